The Bertz CT molecular complexity index is 140. The van der Waals surface area contributed by atoms with Crippen LogP contribution in [0.5, 0.6) is 0 Å². The van der Waals surface area contributed by atoms with Crippen molar-refractivity contribution in [3.8, 4) is 0 Å². The lowest BCUT2D eigenvalue weighted by Crippen LogP contribution is -2.08. The fraction of sp³-hybridized carbons (Fsp3) is 0.571. The molecule has 1 rings (SSSR count). The van der Waals surface area contributed by atoms with E-state index in [1.165, 1.54) is 6.42 Å². The minimum Gasteiger partial charge on any atom is -0.298 e. The third-order valence-corrected chi connectivity index (χ3v) is 2.14. The van der Waals surface area contributed by atoms with Crippen LogP contribution in [0.4, 0.5) is 0 Å². The molecule has 9 heavy (non-hydrogen) atoms. The number of allylic oxidation sites excluding steroid dienone is 1. The maximum Gasteiger partial charge on any atom is 0.146 e. The molecule has 50 valence electrons. The van der Waals surface area contributed by atoms with Gasteiger partial charge in [-0.15, -0.1) is 0 Å². The quantitative estimate of drug-likeness (QED) is 0.434. The molecule has 1 unspecified atom stereocenters. The zero-order chi connectivity index (χ0) is 6.69. The van der Waals surface area contributed by atoms with Gasteiger partial charge >= 0.3 is 0 Å². The Hall–Kier alpha value is -0.240. The molecule has 0 saturated heterocycles. The van der Waals surface area contributed by atoms with Gasteiger partial charge in [0.2, 0.25) is 0 Å². The average Bonchev–Trinajstić information content (AvgIpc) is 1.89. The third kappa shape index (κ3) is 1.58. The molecule has 0 aromatic heterocycles. The van der Waals surface area contributed by atoms with Crippen LogP contribution in [0.15, 0.2) is 11.6 Å². The van der Waals surface area contributed by atoms with Crippen molar-refractivity contribution in [3.05, 3.63) is 11.6 Å². The summed E-state index contributed by atoms with van der Waals surface area (Å²) < 4.78 is 0. The van der Waals surface area contributed by atoms with Crippen molar-refractivity contribution in [2.45, 2.75) is 24.5 Å². The van der Waals surface area contributed by atoms with E-state index in [1.807, 2.05) is 6.08 Å². The van der Waals surface area contributed by atoms with Crippen LogP contribution in [0.2, 0.25) is 0 Å². The first kappa shape index (κ1) is 6.87. The second kappa shape index (κ2) is 3.06. The summed E-state index contributed by atoms with van der Waals surface area (Å²) in [5, 5.41) is 0.205. The van der Waals surface area contributed by atoms with Crippen LogP contribution >= 0.6 is 12.6 Å². The Kier molecular flexibility index (Phi) is 2.34. The Balaban J connectivity index is 2.63. The largest absolute Gasteiger partial charge is 0.298 e. The van der Waals surface area contributed by atoms with Crippen molar-refractivity contribution in [1.29, 1.82) is 0 Å². The van der Waals surface area contributed by atoms with E-state index in [1.54, 1.807) is 0 Å². The molecule has 1 aliphatic rings. The lowest BCUT2D eigenvalue weighted by molar-refractivity contribution is -0.105. The Morgan fingerprint density at radius 3 is 3.00 bits per heavy atom. The predicted octanol–water partition coefficient (Wildman–Crippen LogP) is 1.59. The average molecular weight is 142 g/mol. The molecule has 0 radical (unpaired) electrons. The van der Waals surface area contributed by atoms with Gasteiger partial charge in [-0.25, -0.2) is 0 Å². The van der Waals surface area contributed by atoms with Crippen molar-refractivity contribution < 1.29 is 4.79 Å². The lowest BCUT2D eigenvalue weighted by Gasteiger charge is -2.13. The third-order valence-electron chi connectivity index (χ3n) is 1.58. The van der Waals surface area contributed by atoms with E-state index in [0.29, 0.717) is 0 Å². The summed E-state index contributed by atoms with van der Waals surface area (Å²) in [6.07, 6.45) is 6.16. The van der Waals surface area contributed by atoms with Crippen molar-refractivity contribution in [1.82, 2.24) is 0 Å². The molecule has 0 bridgehead atoms. The summed E-state index contributed by atoms with van der Waals surface area (Å²) in [5.41, 5.74) is 0.865. The number of rotatable bonds is 1. The molecular formula is C7H10OS. The Labute approximate surface area is 60.6 Å². The van der Waals surface area contributed by atoms with Gasteiger partial charge in [0.1, 0.15) is 6.29 Å². The van der Waals surface area contributed by atoms with Gasteiger partial charge in [-0.1, -0.05) is 6.08 Å². The standard InChI is InChI=1S/C7H10OS/c8-5-6-3-1-2-4-7(6)9/h3,5,7,9H,1-2,4H2. The van der Waals surface area contributed by atoms with Crippen LogP contribution in [0.3, 0.4) is 0 Å². The van der Waals surface area contributed by atoms with Crippen LogP contribution < -0.4 is 0 Å². The second-order valence-electron chi connectivity index (χ2n) is 2.27. The van der Waals surface area contributed by atoms with Crippen molar-refractivity contribution in [2.24, 2.45) is 0 Å². The van der Waals surface area contributed by atoms with Crippen molar-refractivity contribution in [3.63, 3.8) is 0 Å². The molecule has 1 nitrogen and oxygen atoms in total. The molecule has 0 heterocycles. The van der Waals surface area contributed by atoms with E-state index >= 15 is 0 Å². The molecule has 0 aliphatic heterocycles. The highest BCUT2D eigenvalue weighted by atomic mass is 32.1. The van der Waals surface area contributed by atoms with Crippen molar-refractivity contribution >= 4 is 18.9 Å². The Morgan fingerprint density at radius 2 is 2.56 bits per heavy atom. The van der Waals surface area contributed by atoms with Crippen LogP contribution in [0, 0.1) is 0 Å². The van der Waals surface area contributed by atoms with E-state index in [2.05, 4.69) is 12.6 Å². The van der Waals surface area contributed by atoms with Crippen LogP contribution in [0.1, 0.15) is 19.3 Å². The van der Waals surface area contributed by atoms with Gasteiger partial charge < -0.3 is 0 Å². The van der Waals surface area contributed by atoms with Crippen LogP contribution in [0.25, 0.3) is 0 Å². The fourth-order valence-electron chi connectivity index (χ4n) is 1.01. The molecule has 0 fully saturated rings. The van der Waals surface area contributed by atoms with Gasteiger partial charge in [-0.05, 0) is 19.3 Å². The van der Waals surface area contributed by atoms with Gasteiger partial charge in [-0.3, -0.25) is 4.79 Å². The Morgan fingerprint density at radius 1 is 1.78 bits per heavy atom. The highest BCUT2D eigenvalue weighted by Gasteiger charge is 2.11. The summed E-state index contributed by atoms with van der Waals surface area (Å²) in [7, 11) is 0. The normalized spacial score (nSPS) is 27.2. The van der Waals surface area contributed by atoms with E-state index in [4.69, 9.17) is 0 Å². The van der Waals surface area contributed by atoms with Gasteiger partial charge in [0.15, 0.2) is 0 Å². The van der Waals surface area contributed by atoms with Gasteiger partial charge in [0.25, 0.3) is 0 Å². The van der Waals surface area contributed by atoms with Crippen LogP contribution in [-0.4, -0.2) is 11.5 Å². The smallest absolute Gasteiger partial charge is 0.146 e. The molecule has 0 aromatic carbocycles. The first-order valence-electron chi connectivity index (χ1n) is 3.18. The number of carbonyl (C=O) groups is 1. The molecule has 0 saturated carbocycles. The van der Waals surface area contributed by atoms with E-state index in [0.717, 1.165) is 24.7 Å². The monoisotopic (exact) mass is 142 g/mol. The maximum atomic E-state index is 10.3. The summed E-state index contributed by atoms with van der Waals surface area (Å²) in [4.78, 5) is 10.3. The molecule has 2 heteroatoms. The zero-order valence-corrected chi connectivity index (χ0v) is 6.10. The van der Waals surface area contributed by atoms with Crippen molar-refractivity contribution in [2.75, 3.05) is 0 Å². The second-order valence-corrected chi connectivity index (χ2v) is 2.89. The van der Waals surface area contributed by atoms with Gasteiger partial charge in [-0.2, -0.15) is 12.6 Å². The van der Waals surface area contributed by atoms with Crippen LogP contribution in [-0.2, 0) is 4.79 Å². The topological polar surface area (TPSA) is 17.1 Å². The molecule has 1 aliphatic carbocycles. The molecular weight excluding hydrogens is 132 g/mol. The maximum absolute atomic E-state index is 10.3. The van der Waals surface area contributed by atoms with Gasteiger partial charge in [0.05, 0.1) is 0 Å². The highest BCUT2D eigenvalue weighted by Crippen LogP contribution is 2.20. The predicted molar refractivity (Wildman–Crippen MR) is 40.8 cm³/mol. The van der Waals surface area contributed by atoms with E-state index < -0.39 is 0 Å². The summed E-state index contributed by atoms with van der Waals surface area (Å²) in [6, 6.07) is 0. The number of hydrogen-bond donors (Lipinski definition) is 1. The first-order valence-corrected chi connectivity index (χ1v) is 3.69. The number of hydrogen-bond acceptors (Lipinski definition) is 2. The molecule has 0 N–H and O–H groups in total. The SMILES string of the molecule is O=CC1=CCCCC1S. The summed E-state index contributed by atoms with van der Waals surface area (Å²) >= 11 is 4.24. The van der Waals surface area contributed by atoms with E-state index in [-0.39, 0.29) is 5.25 Å². The summed E-state index contributed by atoms with van der Waals surface area (Å²) in [6.45, 7) is 0. The number of carbonyl (C=O) groups excluding carboxylic acids is 1. The van der Waals surface area contributed by atoms with Gasteiger partial charge in [0, 0.05) is 10.8 Å². The molecule has 0 amide bonds. The molecule has 0 aromatic rings. The number of thiol groups is 1. The zero-order valence-electron chi connectivity index (χ0n) is 5.21. The minimum absolute atomic E-state index is 0.205. The van der Waals surface area contributed by atoms with E-state index in [9.17, 15) is 4.79 Å². The summed E-state index contributed by atoms with van der Waals surface area (Å²) in [5.74, 6) is 0. The minimum atomic E-state index is 0.205. The first-order chi connectivity index (χ1) is 4.34. The fourth-order valence-corrected chi connectivity index (χ4v) is 1.36. The lowest BCUT2D eigenvalue weighted by atomic mass is 10.0. The number of aldehydes is 1. The highest BCUT2D eigenvalue weighted by molar-refractivity contribution is 7.81. The molecule has 1 atom stereocenters. The molecule has 0 spiro atoms.